The van der Waals surface area contributed by atoms with Crippen LogP contribution >= 0.6 is 24.2 Å². The molecule has 2 aliphatic heterocycles. The molecule has 3 fully saturated rings. The molecule has 1 aromatic rings. The molecule has 29 heavy (non-hydrogen) atoms. The van der Waals surface area contributed by atoms with Crippen molar-refractivity contribution in [3.05, 3.63) is 28.7 Å². The quantitative estimate of drug-likeness (QED) is 0.690. The van der Waals surface area contributed by atoms with Crippen LogP contribution in [-0.2, 0) is 4.79 Å². The number of para-hydroxylation sites is 1. The number of thioether (sulfide) groups is 1. The Labute approximate surface area is 182 Å². The van der Waals surface area contributed by atoms with Crippen LogP contribution in [0.1, 0.15) is 50.5 Å². The Hall–Kier alpha value is -1.70. The summed E-state index contributed by atoms with van der Waals surface area (Å²) in [4.78, 5) is 26.3. The van der Waals surface area contributed by atoms with Gasteiger partial charge in [0, 0.05) is 24.7 Å². The predicted octanol–water partition coefficient (Wildman–Crippen LogP) is 4.07. The van der Waals surface area contributed by atoms with Gasteiger partial charge >= 0.3 is 0 Å². The van der Waals surface area contributed by atoms with Crippen LogP contribution in [0.5, 0.6) is 5.75 Å². The molecule has 6 nitrogen and oxygen atoms in total. The fourth-order valence-electron chi connectivity index (χ4n) is 4.23. The molecule has 158 valence electrons. The molecule has 0 aromatic heterocycles. The van der Waals surface area contributed by atoms with Crippen molar-refractivity contribution in [1.29, 1.82) is 0 Å². The van der Waals surface area contributed by atoms with Crippen molar-refractivity contribution in [2.24, 2.45) is 5.73 Å². The number of carbonyl (C=O) groups excluding carboxylic acids is 2. The summed E-state index contributed by atoms with van der Waals surface area (Å²) >= 11 is 0.943. The van der Waals surface area contributed by atoms with Crippen LogP contribution < -0.4 is 20.7 Å². The van der Waals surface area contributed by atoms with Crippen molar-refractivity contribution < 1.29 is 14.3 Å². The highest BCUT2D eigenvalue weighted by Crippen LogP contribution is 2.39. The second-order valence-corrected chi connectivity index (χ2v) is 8.79. The number of nitrogens with zero attached hydrogens (tertiary/aromatic N) is 1. The Balaban J connectivity index is 0.00000240. The number of nitrogens with two attached hydrogens (primary N) is 1. The first-order valence-corrected chi connectivity index (χ1v) is 11.0. The molecular formula is C21H28ClN3O3S. The first-order chi connectivity index (χ1) is 13.6. The van der Waals surface area contributed by atoms with Crippen molar-refractivity contribution in [2.75, 3.05) is 18.0 Å². The number of amides is 2. The molecule has 0 bridgehead atoms. The van der Waals surface area contributed by atoms with Gasteiger partial charge in [0.05, 0.1) is 16.7 Å². The van der Waals surface area contributed by atoms with Gasteiger partial charge in [0.1, 0.15) is 5.75 Å². The lowest BCUT2D eigenvalue weighted by Gasteiger charge is -2.35. The minimum absolute atomic E-state index is 0. The largest absolute Gasteiger partial charge is 0.488 e. The number of rotatable bonds is 4. The molecule has 1 saturated carbocycles. The average molecular weight is 438 g/mol. The van der Waals surface area contributed by atoms with E-state index in [0.717, 1.165) is 67.5 Å². The summed E-state index contributed by atoms with van der Waals surface area (Å²) < 4.78 is 6.44. The van der Waals surface area contributed by atoms with Crippen LogP contribution in [0.2, 0.25) is 0 Å². The molecule has 0 spiro atoms. The van der Waals surface area contributed by atoms with Crippen molar-refractivity contribution in [2.45, 2.75) is 57.1 Å². The highest BCUT2D eigenvalue weighted by Gasteiger charge is 2.28. The zero-order chi connectivity index (χ0) is 19.5. The second-order valence-electron chi connectivity index (χ2n) is 7.77. The molecule has 2 saturated heterocycles. The number of benzene rings is 1. The number of ether oxygens (including phenoxy) is 1. The van der Waals surface area contributed by atoms with Crippen molar-refractivity contribution >= 4 is 47.1 Å². The number of hydrogen-bond acceptors (Lipinski definition) is 6. The van der Waals surface area contributed by atoms with Crippen LogP contribution in [0.4, 0.5) is 10.5 Å². The number of nitrogens with one attached hydrogen (secondary N) is 1. The van der Waals surface area contributed by atoms with Crippen molar-refractivity contribution in [1.82, 2.24) is 5.32 Å². The second kappa shape index (κ2) is 9.87. The topological polar surface area (TPSA) is 84.7 Å². The van der Waals surface area contributed by atoms with Gasteiger partial charge in [-0.05, 0) is 62.4 Å². The van der Waals surface area contributed by atoms with Crippen molar-refractivity contribution in [3.8, 4) is 5.75 Å². The minimum atomic E-state index is -0.338. The molecule has 2 heterocycles. The van der Waals surface area contributed by atoms with E-state index in [2.05, 4.69) is 10.2 Å². The van der Waals surface area contributed by atoms with Crippen LogP contribution in [0, 0.1) is 0 Å². The lowest BCUT2D eigenvalue weighted by Crippen LogP contribution is -2.43. The average Bonchev–Trinajstić information content (AvgIpc) is 3.00. The summed E-state index contributed by atoms with van der Waals surface area (Å²) in [5.41, 5.74) is 8.13. The van der Waals surface area contributed by atoms with E-state index in [1.54, 1.807) is 6.08 Å². The molecule has 3 aliphatic rings. The summed E-state index contributed by atoms with van der Waals surface area (Å²) in [5.74, 6) is 0.514. The lowest BCUT2D eigenvalue weighted by atomic mass is 9.97. The van der Waals surface area contributed by atoms with Gasteiger partial charge in [-0.15, -0.1) is 12.4 Å². The Bertz CT molecular complexity index is 795. The molecule has 4 rings (SSSR count). The van der Waals surface area contributed by atoms with Gasteiger partial charge in [-0.1, -0.05) is 18.6 Å². The lowest BCUT2D eigenvalue weighted by molar-refractivity contribution is -0.115. The smallest absolute Gasteiger partial charge is 0.290 e. The number of anilines is 1. The summed E-state index contributed by atoms with van der Waals surface area (Å²) in [5, 5.41) is 2.00. The van der Waals surface area contributed by atoms with E-state index in [4.69, 9.17) is 10.5 Å². The van der Waals surface area contributed by atoms with E-state index in [-0.39, 0.29) is 35.7 Å². The van der Waals surface area contributed by atoms with Crippen LogP contribution in [-0.4, -0.2) is 36.4 Å². The number of hydrogen-bond donors (Lipinski definition) is 2. The molecule has 3 N–H and O–H groups in total. The number of carbonyl (C=O) groups is 2. The SMILES string of the molecule is Cl.N[C@@H]1CCCN(c2c(/C=C3\SC(=O)NC3=O)cccc2OC2CCCCC2)C1. The van der Waals surface area contributed by atoms with Gasteiger partial charge in [0.2, 0.25) is 0 Å². The van der Waals surface area contributed by atoms with Crippen LogP contribution in [0.25, 0.3) is 6.08 Å². The minimum Gasteiger partial charge on any atom is -0.488 e. The molecule has 8 heteroatoms. The van der Waals surface area contributed by atoms with Crippen LogP contribution in [0.15, 0.2) is 23.1 Å². The van der Waals surface area contributed by atoms with Gasteiger partial charge in [-0.3, -0.25) is 14.9 Å². The highest BCUT2D eigenvalue weighted by molar-refractivity contribution is 8.18. The number of imide groups is 1. The van der Waals surface area contributed by atoms with E-state index >= 15 is 0 Å². The zero-order valence-corrected chi connectivity index (χ0v) is 18.0. The first kappa shape index (κ1) is 22.0. The standard InChI is InChI=1S/C21H27N3O3S.ClH/c22-15-7-5-11-24(13-15)19-14(12-18-20(25)23-21(26)28-18)6-4-10-17(19)27-16-8-2-1-3-9-16;/h4,6,10,12,15-16H,1-3,5,7-9,11,13,22H2,(H,23,25,26);1H/b18-12-;/t15-;/m1./s1. The summed E-state index contributed by atoms with van der Waals surface area (Å²) in [6, 6.07) is 6.08. The third-order valence-corrected chi connectivity index (χ3v) is 6.39. The maximum absolute atomic E-state index is 12.0. The van der Waals surface area contributed by atoms with E-state index in [9.17, 15) is 9.59 Å². The molecule has 2 amide bonds. The molecule has 1 atom stereocenters. The Morgan fingerprint density at radius 3 is 2.62 bits per heavy atom. The summed E-state index contributed by atoms with van der Waals surface area (Å²) in [6.45, 7) is 1.67. The van der Waals surface area contributed by atoms with Gasteiger partial charge in [-0.2, -0.15) is 0 Å². The van der Waals surface area contributed by atoms with Gasteiger partial charge in [-0.25, -0.2) is 0 Å². The Morgan fingerprint density at radius 1 is 1.14 bits per heavy atom. The van der Waals surface area contributed by atoms with E-state index < -0.39 is 0 Å². The third kappa shape index (κ3) is 5.27. The fourth-order valence-corrected chi connectivity index (χ4v) is 4.90. The zero-order valence-electron chi connectivity index (χ0n) is 16.4. The van der Waals surface area contributed by atoms with E-state index in [0.29, 0.717) is 4.91 Å². The Kier molecular flexibility index (Phi) is 7.49. The van der Waals surface area contributed by atoms with Gasteiger partial charge in [0.15, 0.2) is 0 Å². The molecule has 0 radical (unpaired) electrons. The third-order valence-electron chi connectivity index (χ3n) is 5.58. The monoisotopic (exact) mass is 437 g/mol. The number of piperidine rings is 1. The predicted molar refractivity (Wildman–Crippen MR) is 120 cm³/mol. The number of halogens is 1. The van der Waals surface area contributed by atoms with Gasteiger partial charge in [0.25, 0.3) is 11.1 Å². The maximum atomic E-state index is 12.0. The summed E-state index contributed by atoms with van der Waals surface area (Å²) in [7, 11) is 0. The normalized spacial score (nSPS) is 24.4. The van der Waals surface area contributed by atoms with E-state index in [1.807, 2.05) is 18.2 Å². The van der Waals surface area contributed by atoms with E-state index in [1.165, 1.54) is 19.3 Å². The maximum Gasteiger partial charge on any atom is 0.290 e. The molecule has 0 unspecified atom stereocenters. The van der Waals surface area contributed by atoms with Crippen LogP contribution in [0.3, 0.4) is 0 Å². The van der Waals surface area contributed by atoms with Crippen molar-refractivity contribution in [3.63, 3.8) is 0 Å². The summed E-state index contributed by atoms with van der Waals surface area (Å²) in [6.07, 6.45) is 9.93. The van der Waals surface area contributed by atoms with Gasteiger partial charge < -0.3 is 15.4 Å². The first-order valence-electron chi connectivity index (χ1n) is 10.2. The molecular weight excluding hydrogens is 410 g/mol. The molecule has 1 aliphatic carbocycles. The Morgan fingerprint density at radius 2 is 1.93 bits per heavy atom. The fraction of sp³-hybridized carbons (Fsp3) is 0.524. The molecule has 1 aromatic carbocycles. The highest BCUT2D eigenvalue weighted by atomic mass is 35.5.